The molecular weight excluding hydrogens is 278 g/mol. The summed E-state index contributed by atoms with van der Waals surface area (Å²) < 4.78 is 0. The molecule has 0 aliphatic carbocycles. The summed E-state index contributed by atoms with van der Waals surface area (Å²) in [6.45, 7) is 6.20. The van der Waals surface area contributed by atoms with Gasteiger partial charge in [0.1, 0.15) is 0 Å². The normalized spacial score (nSPS) is 12.5. The van der Waals surface area contributed by atoms with Gasteiger partial charge < -0.3 is 4.90 Å². The van der Waals surface area contributed by atoms with Crippen molar-refractivity contribution in [3.05, 3.63) is 29.3 Å². The van der Waals surface area contributed by atoms with E-state index in [1.807, 2.05) is 43.1 Å². The molecule has 1 rings (SSSR count). The van der Waals surface area contributed by atoms with E-state index in [0.717, 1.165) is 22.8 Å². The fourth-order valence-electron chi connectivity index (χ4n) is 2.07. The van der Waals surface area contributed by atoms with Gasteiger partial charge in [-0.2, -0.15) is 0 Å². The molecule has 0 aliphatic rings. The summed E-state index contributed by atoms with van der Waals surface area (Å²) in [5.41, 5.74) is 0. The summed E-state index contributed by atoms with van der Waals surface area (Å²) in [6, 6.07) is 7.94. The van der Waals surface area contributed by atoms with Crippen LogP contribution in [-0.2, 0) is 4.79 Å². The van der Waals surface area contributed by atoms with Crippen LogP contribution in [0, 0.1) is 0 Å². The Morgan fingerprint density at radius 3 is 2.26 bits per heavy atom. The van der Waals surface area contributed by atoms with Crippen LogP contribution < -0.4 is 0 Å². The van der Waals surface area contributed by atoms with Gasteiger partial charge in [-0.05, 0) is 44.0 Å². The lowest BCUT2D eigenvalue weighted by Crippen LogP contribution is -2.40. The van der Waals surface area contributed by atoms with Crippen LogP contribution >= 0.6 is 23.4 Å². The predicted molar refractivity (Wildman–Crippen MR) is 83.9 cm³/mol. The number of amides is 1. The predicted octanol–water partition coefficient (Wildman–Crippen LogP) is 4.47. The fraction of sp³-hybridized carbons (Fsp3) is 0.533. The summed E-state index contributed by atoms with van der Waals surface area (Å²) in [6.07, 6.45) is 1.99. The molecule has 0 aromatic heterocycles. The van der Waals surface area contributed by atoms with Crippen molar-refractivity contribution in [1.29, 1.82) is 0 Å². The van der Waals surface area contributed by atoms with Gasteiger partial charge in [-0.3, -0.25) is 4.79 Å². The Morgan fingerprint density at radius 1 is 1.26 bits per heavy atom. The van der Waals surface area contributed by atoms with Gasteiger partial charge in [-0.15, -0.1) is 11.8 Å². The van der Waals surface area contributed by atoms with Crippen molar-refractivity contribution in [2.75, 3.05) is 7.05 Å². The molecule has 0 fully saturated rings. The molecule has 1 atom stereocenters. The Hall–Kier alpha value is -0.670. The Labute approximate surface area is 125 Å². The lowest BCUT2D eigenvalue weighted by Gasteiger charge is -2.28. The second-order valence-corrected chi connectivity index (χ2v) is 6.48. The fourth-order valence-corrected chi connectivity index (χ4v) is 3.17. The number of halogens is 1. The van der Waals surface area contributed by atoms with Crippen molar-refractivity contribution in [2.24, 2.45) is 0 Å². The van der Waals surface area contributed by atoms with Crippen LogP contribution in [0.3, 0.4) is 0 Å². The summed E-state index contributed by atoms with van der Waals surface area (Å²) in [4.78, 5) is 15.3. The van der Waals surface area contributed by atoms with Crippen LogP contribution in [0.5, 0.6) is 0 Å². The molecule has 1 unspecified atom stereocenters. The van der Waals surface area contributed by atoms with Crippen LogP contribution in [0.25, 0.3) is 0 Å². The van der Waals surface area contributed by atoms with Crippen LogP contribution in [0.15, 0.2) is 29.2 Å². The number of rotatable bonds is 6. The molecule has 0 bridgehead atoms. The first-order valence-corrected chi connectivity index (χ1v) is 7.94. The summed E-state index contributed by atoms with van der Waals surface area (Å²) in [7, 11) is 1.90. The summed E-state index contributed by atoms with van der Waals surface area (Å²) in [5, 5.41) is 0.643. The molecular formula is C15H22ClNOS. The average Bonchev–Trinajstić information content (AvgIpc) is 2.41. The number of nitrogens with zero attached hydrogens (tertiary/aromatic N) is 1. The van der Waals surface area contributed by atoms with E-state index in [0.29, 0.717) is 6.04 Å². The SMILES string of the molecule is CCC(CC)N(C)C(=O)C(C)Sc1ccc(Cl)cc1. The van der Waals surface area contributed by atoms with Crippen LogP contribution in [-0.4, -0.2) is 29.1 Å². The molecule has 0 saturated heterocycles. The number of carbonyl (C=O) groups is 1. The zero-order chi connectivity index (χ0) is 14.4. The first-order valence-electron chi connectivity index (χ1n) is 6.68. The average molecular weight is 300 g/mol. The van der Waals surface area contributed by atoms with E-state index >= 15 is 0 Å². The van der Waals surface area contributed by atoms with E-state index in [-0.39, 0.29) is 11.2 Å². The first kappa shape index (κ1) is 16.4. The van der Waals surface area contributed by atoms with Gasteiger partial charge >= 0.3 is 0 Å². The zero-order valence-corrected chi connectivity index (χ0v) is 13.6. The Kier molecular flexibility index (Phi) is 6.73. The molecule has 0 aliphatic heterocycles. The summed E-state index contributed by atoms with van der Waals surface area (Å²) >= 11 is 7.43. The van der Waals surface area contributed by atoms with E-state index in [2.05, 4.69) is 13.8 Å². The molecule has 0 saturated carbocycles. The van der Waals surface area contributed by atoms with E-state index in [4.69, 9.17) is 11.6 Å². The van der Waals surface area contributed by atoms with E-state index in [9.17, 15) is 4.79 Å². The van der Waals surface area contributed by atoms with E-state index < -0.39 is 0 Å². The lowest BCUT2D eigenvalue weighted by molar-refractivity contribution is -0.131. The molecule has 1 aromatic carbocycles. The minimum Gasteiger partial charge on any atom is -0.342 e. The molecule has 106 valence electrons. The second kappa shape index (κ2) is 7.81. The molecule has 0 radical (unpaired) electrons. The Balaban J connectivity index is 2.64. The van der Waals surface area contributed by atoms with Gasteiger partial charge in [0.05, 0.1) is 5.25 Å². The Bertz CT molecular complexity index is 403. The monoisotopic (exact) mass is 299 g/mol. The number of hydrogen-bond acceptors (Lipinski definition) is 2. The third-order valence-corrected chi connectivity index (χ3v) is 4.66. The molecule has 19 heavy (non-hydrogen) atoms. The highest BCUT2D eigenvalue weighted by Crippen LogP contribution is 2.26. The number of benzene rings is 1. The maximum absolute atomic E-state index is 12.4. The molecule has 0 heterocycles. The van der Waals surface area contributed by atoms with Gasteiger partial charge in [0.2, 0.25) is 5.91 Å². The van der Waals surface area contributed by atoms with Crippen molar-refractivity contribution < 1.29 is 4.79 Å². The second-order valence-electron chi connectivity index (χ2n) is 4.63. The smallest absolute Gasteiger partial charge is 0.235 e. The number of hydrogen-bond donors (Lipinski definition) is 0. The van der Waals surface area contributed by atoms with Crippen molar-refractivity contribution in [1.82, 2.24) is 4.90 Å². The van der Waals surface area contributed by atoms with Crippen molar-refractivity contribution >= 4 is 29.3 Å². The maximum Gasteiger partial charge on any atom is 0.235 e. The van der Waals surface area contributed by atoms with Gasteiger partial charge in [0, 0.05) is 23.0 Å². The van der Waals surface area contributed by atoms with Crippen molar-refractivity contribution in [2.45, 2.75) is 49.8 Å². The van der Waals surface area contributed by atoms with Crippen molar-refractivity contribution in [3.63, 3.8) is 0 Å². The molecule has 0 N–H and O–H groups in total. The van der Waals surface area contributed by atoms with Crippen molar-refractivity contribution in [3.8, 4) is 0 Å². The number of carbonyl (C=O) groups excluding carboxylic acids is 1. The molecule has 0 spiro atoms. The first-order chi connectivity index (χ1) is 8.99. The minimum absolute atomic E-state index is 0.0771. The molecule has 2 nitrogen and oxygen atoms in total. The summed E-state index contributed by atoms with van der Waals surface area (Å²) in [5.74, 6) is 0.189. The number of thioether (sulfide) groups is 1. The van der Waals surface area contributed by atoms with Gasteiger partial charge in [0.25, 0.3) is 0 Å². The lowest BCUT2D eigenvalue weighted by atomic mass is 10.1. The zero-order valence-electron chi connectivity index (χ0n) is 12.0. The minimum atomic E-state index is -0.0771. The van der Waals surface area contributed by atoms with E-state index in [1.165, 1.54) is 0 Å². The standard InChI is InChI=1S/C15H22ClNOS/c1-5-13(6-2)17(4)15(18)11(3)19-14-9-7-12(16)8-10-14/h7-11,13H,5-6H2,1-4H3. The molecule has 1 amide bonds. The quantitative estimate of drug-likeness (QED) is 0.722. The van der Waals surface area contributed by atoms with Crippen LogP contribution in [0.4, 0.5) is 0 Å². The molecule has 1 aromatic rings. The topological polar surface area (TPSA) is 20.3 Å². The van der Waals surface area contributed by atoms with E-state index in [1.54, 1.807) is 11.8 Å². The Morgan fingerprint density at radius 2 is 1.79 bits per heavy atom. The molecule has 4 heteroatoms. The largest absolute Gasteiger partial charge is 0.342 e. The third kappa shape index (κ3) is 4.73. The van der Waals surface area contributed by atoms with Gasteiger partial charge in [0.15, 0.2) is 0 Å². The third-order valence-electron chi connectivity index (χ3n) is 3.31. The highest BCUT2D eigenvalue weighted by Gasteiger charge is 2.22. The highest BCUT2D eigenvalue weighted by atomic mass is 35.5. The van der Waals surface area contributed by atoms with Gasteiger partial charge in [-0.25, -0.2) is 0 Å². The van der Waals surface area contributed by atoms with Crippen LogP contribution in [0.2, 0.25) is 5.02 Å². The maximum atomic E-state index is 12.4. The van der Waals surface area contributed by atoms with Crippen LogP contribution in [0.1, 0.15) is 33.6 Å². The highest BCUT2D eigenvalue weighted by molar-refractivity contribution is 8.00. The van der Waals surface area contributed by atoms with Gasteiger partial charge in [-0.1, -0.05) is 25.4 Å².